The first kappa shape index (κ1) is 23.8. The lowest BCUT2D eigenvalue weighted by Crippen LogP contribution is -2.50. The lowest BCUT2D eigenvalue weighted by atomic mass is 10.1. The van der Waals surface area contributed by atoms with Gasteiger partial charge in [-0.05, 0) is 69.4 Å². The van der Waals surface area contributed by atoms with Gasteiger partial charge in [-0.25, -0.2) is 4.39 Å². The Morgan fingerprint density at radius 3 is 2.53 bits per heavy atom. The Morgan fingerprint density at radius 2 is 1.84 bits per heavy atom. The summed E-state index contributed by atoms with van der Waals surface area (Å²) < 4.78 is 20.2. The molecule has 1 aliphatic rings. The molecule has 1 N–H and O–H groups in total. The van der Waals surface area contributed by atoms with Crippen molar-refractivity contribution >= 4 is 11.8 Å². The number of rotatable bonds is 8. The molecule has 0 unspecified atom stereocenters. The standard InChI is InChI=1S/C26H33FN2O3/c1-17-13-18(2)19(3)24(14-17)32-16-25(30)29(15-21-9-5-8-12-23(21)27)20(4)26(31)28-22-10-6-7-11-22/h5,8-9,12-14,20,22H,6-7,10-11,15-16H2,1-4H3,(H,28,31)/t20-/m0/s1. The molecule has 3 rings (SSSR count). The van der Waals surface area contributed by atoms with Gasteiger partial charge >= 0.3 is 0 Å². The van der Waals surface area contributed by atoms with Crippen LogP contribution in [0.4, 0.5) is 4.39 Å². The van der Waals surface area contributed by atoms with Crippen molar-refractivity contribution < 1.29 is 18.7 Å². The molecule has 1 saturated carbocycles. The molecular weight excluding hydrogens is 407 g/mol. The topological polar surface area (TPSA) is 58.6 Å². The van der Waals surface area contributed by atoms with Crippen molar-refractivity contribution in [2.75, 3.05) is 6.61 Å². The van der Waals surface area contributed by atoms with Gasteiger partial charge in [0.05, 0.1) is 0 Å². The van der Waals surface area contributed by atoms with E-state index in [0.29, 0.717) is 11.3 Å². The van der Waals surface area contributed by atoms with E-state index in [1.54, 1.807) is 25.1 Å². The summed E-state index contributed by atoms with van der Waals surface area (Å²) in [6.07, 6.45) is 4.10. The number of hydrogen-bond donors (Lipinski definition) is 1. The molecule has 0 heterocycles. The van der Waals surface area contributed by atoms with Crippen LogP contribution in [-0.2, 0) is 16.1 Å². The maximum Gasteiger partial charge on any atom is 0.261 e. The number of amides is 2. The maximum absolute atomic E-state index is 14.3. The summed E-state index contributed by atoms with van der Waals surface area (Å²) in [6, 6.07) is 9.67. The van der Waals surface area contributed by atoms with Crippen LogP contribution < -0.4 is 10.1 Å². The molecule has 0 aliphatic heterocycles. The minimum atomic E-state index is -0.744. The molecule has 1 aliphatic carbocycles. The quantitative estimate of drug-likeness (QED) is 0.652. The fourth-order valence-corrected chi connectivity index (χ4v) is 4.16. The first-order valence-corrected chi connectivity index (χ1v) is 11.3. The van der Waals surface area contributed by atoms with Crippen molar-refractivity contribution in [2.45, 2.75) is 72.0 Å². The SMILES string of the molecule is Cc1cc(C)c(C)c(OCC(=O)N(Cc2ccccc2F)[C@@H](C)C(=O)NC2CCCC2)c1. The van der Waals surface area contributed by atoms with Gasteiger partial charge in [0.2, 0.25) is 5.91 Å². The van der Waals surface area contributed by atoms with E-state index in [1.807, 2.05) is 26.8 Å². The third-order valence-corrected chi connectivity index (χ3v) is 6.28. The molecule has 0 aromatic heterocycles. The van der Waals surface area contributed by atoms with Crippen LogP contribution in [0, 0.1) is 26.6 Å². The molecule has 32 heavy (non-hydrogen) atoms. The highest BCUT2D eigenvalue weighted by Gasteiger charge is 2.29. The zero-order valence-corrected chi connectivity index (χ0v) is 19.4. The van der Waals surface area contributed by atoms with Crippen molar-refractivity contribution in [1.82, 2.24) is 10.2 Å². The highest BCUT2D eigenvalue weighted by Crippen LogP contribution is 2.24. The first-order valence-electron chi connectivity index (χ1n) is 11.3. The zero-order chi connectivity index (χ0) is 23.3. The zero-order valence-electron chi connectivity index (χ0n) is 19.4. The minimum absolute atomic E-state index is 0.0000522. The van der Waals surface area contributed by atoms with Gasteiger partial charge < -0.3 is 15.0 Å². The number of benzene rings is 2. The Balaban J connectivity index is 1.76. The lowest BCUT2D eigenvalue weighted by molar-refractivity contribution is -0.142. The second-order valence-corrected chi connectivity index (χ2v) is 8.77. The summed E-state index contributed by atoms with van der Waals surface area (Å²) in [4.78, 5) is 27.5. The second kappa shape index (κ2) is 10.6. The molecule has 0 saturated heterocycles. The Kier molecular flexibility index (Phi) is 7.89. The summed E-state index contributed by atoms with van der Waals surface area (Å²) in [5, 5.41) is 3.04. The molecule has 2 amide bonds. The molecule has 2 aromatic carbocycles. The number of carbonyl (C=O) groups excluding carboxylic acids is 2. The Labute approximate surface area is 190 Å². The highest BCUT2D eigenvalue weighted by molar-refractivity contribution is 5.88. The van der Waals surface area contributed by atoms with Crippen LogP contribution in [0.2, 0.25) is 0 Å². The van der Waals surface area contributed by atoms with E-state index in [9.17, 15) is 14.0 Å². The van der Waals surface area contributed by atoms with Gasteiger partial charge in [-0.2, -0.15) is 0 Å². The Morgan fingerprint density at radius 1 is 1.16 bits per heavy atom. The van der Waals surface area contributed by atoms with Gasteiger partial charge in [0.25, 0.3) is 5.91 Å². The molecule has 1 atom stereocenters. The molecular formula is C26H33FN2O3. The Hall–Kier alpha value is -2.89. The normalized spacial score (nSPS) is 14.8. The number of nitrogens with zero attached hydrogens (tertiary/aromatic N) is 1. The van der Waals surface area contributed by atoms with E-state index in [2.05, 4.69) is 11.4 Å². The van der Waals surface area contributed by atoms with E-state index >= 15 is 0 Å². The fraction of sp³-hybridized carbons (Fsp3) is 0.462. The average molecular weight is 441 g/mol. The van der Waals surface area contributed by atoms with Crippen molar-refractivity contribution in [3.05, 3.63) is 64.5 Å². The molecule has 5 nitrogen and oxygen atoms in total. The molecule has 172 valence electrons. The number of hydrogen-bond acceptors (Lipinski definition) is 3. The fourth-order valence-electron chi connectivity index (χ4n) is 4.16. The van der Waals surface area contributed by atoms with Crippen LogP contribution in [0.15, 0.2) is 36.4 Å². The van der Waals surface area contributed by atoms with E-state index in [0.717, 1.165) is 42.4 Å². The predicted molar refractivity (Wildman–Crippen MR) is 123 cm³/mol. The number of nitrogens with one attached hydrogen (secondary N) is 1. The summed E-state index contributed by atoms with van der Waals surface area (Å²) in [7, 11) is 0. The molecule has 0 radical (unpaired) electrons. The smallest absolute Gasteiger partial charge is 0.261 e. The second-order valence-electron chi connectivity index (χ2n) is 8.77. The van der Waals surface area contributed by atoms with Gasteiger partial charge in [-0.15, -0.1) is 0 Å². The van der Waals surface area contributed by atoms with Gasteiger partial charge in [0.15, 0.2) is 6.61 Å². The molecule has 1 fully saturated rings. The van der Waals surface area contributed by atoms with Crippen molar-refractivity contribution in [1.29, 1.82) is 0 Å². The number of halogens is 1. The van der Waals surface area contributed by atoms with Crippen molar-refractivity contribution in [3.63, 3.8) is 0 Å². The first-order chi connectivity index (χ1) is 15.3. The minimum Gasteiger partial charge on any atom is -0.483 e. The summed E-state index contributed by atoms with van der Waals surface area (Å²) >= 11 is 0. The van der Waals surface area contributed by atoms with E-state index in [-0.39, 0.29) is 31.0 Å². The average Bonchev–Trinajstić information content (AvgIpc) is 3.27. The van der Waals surface area contributed by atoms with E-state index < -0.39 is 11.9 Å². The number of aryl methyl sites for hydroxylation is 2. The molecule has 0 spiro atoms. The van der Waals surface area contributed by atoms with Crippen LogP contribution in [0.1, 0.15) is 54.9 Å². The van der Waals surface area contributed by atoms with Gasteiger partial charge in [-0.1, -0.05) is 37.1 Å². The predicted octanol–water partition coefficient (Wildman–Crippen LogP) is 4.61. The van der Waals surface area contributed by atoms with Gasteiger partial charge in [0, 0.05) is 18.2 Å². The third-order valence-electron chi connectivity index (χ3n) is 6.28. The maximum atomic E-state index is 14.3. The van der Waals surface area contributed by atoms with Crippen LogP contribution in [0.3, 0.4) is 0 Å². The van der Waals surface area contributed by atoms with Crippen LogP contribution in [0.5, 0.6) is 5.75 Å². The van der Waals surface area contributed by atoms with Crippen LogP contribution >= 0.6 is 0 Å². The molecule has 0 bridgehead atoms. The lowest BCUT2D eigenvalue weighted by Gasteiger charge is -2.30. The monoisotopic (exact) mass is 440 g/mol. The summed E-state index contributed by atoms with van der Waals surface area (Å²) in [6.45, 7) is 7.38. The third kappa shape index (κ3) is 5.87. The van der Waals surface area contributed by atoms with E-state index in [4.69, 9.17) is 4.74 Å². The molecule has 2 aromatic rings. The highest BCUT2D eigenvalue weighted by atomic mass is 19.1. The molecule has 6 heteroatoms. The summed E-state index contributed by atoms with van der Waals surface area (Å²) in [5.41, 5.74) is 3.46. The largest absolute Gasteiger partial charge is 0.483 e. The Bertz CT molecular complexity index is 970. The van der Waals surface area contributed by atoms with Gasteiger partial charge in [-0.3, -0.25) is 9.59 Å². The number of carbonyl (C=O) groups is 2. The summed E-state index contributed by atoms with van der Waals surface area (Å²) in [5.74, 6) is -0.338. The van der Waals surface area contributed by atoms with Crippen LogP contribution in [-0.4, -0.2) is 35.4 Å². The van der Waals surface area contributed by atoms with E-state index in [1.165, 1.54) is 11.0 Å². The van der Waals surface area contributed by atoms with Crippen molar-refractivity contribution in [3.8, 4) is 5.75 Å². The van der Waals surface area contributed by atoms with Crippen molar-refractivity contribution in [2.24, 2.45) is 0 Å². The number of ether oxygens (including phenoxy) is 1. The van der Waals surface area contributed by atoms with Crippen LogP contribution in [0.25, 0.3) is 0 Å². The van der Waals surface area contributed by atoms with Gasteiger partial charge in [0.1, 0.15) is 17.6 Å².